The molecule has 0 fully saturated rings. The van der Waals surface area contributed by atoms with Crippen LogP contribution in [0.3, 0.4) is 0 Å². The van der Waals surface area contributed by atoms with E-state index in [1.54, 1.807) is 30.5 Å². The van der Waals surface area contributed by atoms with Crippen molar-refractivity contribution in [1.82, 2.24) is 25.3 Å². The van der Waals surface area contributed by atoms with Gasteiger partial charge in [-0.05, 0) is 30.3 Å². The van der Waals surface area contributed by atoms with Gasteiger partial charge < -0.3 is 10.1 Å². The molecule has 144 valence electrons. The van der Waals surface area contributed by atoms with Crippen LogP contribution in [-0.2, 0) is 6.54 Å². The van der Waals surface area contributed by atoms with Crippen LogP contribution in [0.25, 0.3) is 5.69 Å². The summed E-state index contributed by atoms with van der Waals surface area (Å²) in [5.41, 5.74) is 1.58. The Labute approximate surface area is 165 Å². The molecule has 0 saturated heterocycles. The Morgan fingerprint density at radius 2 is 1.93 bits per heavy atom. The zero-order valence-electron chi connectivity index (χ0n) is 15.2. The van der Waals surface area contributed by atoms with E-state index < -0.39 is 5.82 Å². The van der Waals surface area contributed by atoms with E-state index in [9.17, 15) is 9.18 Å². The molecule has 1 amide bonds. The molecule has 0 radical (unpaired) electrons. The average Bonchev–Trinajstić information content (AvgIpc) is 3.24. The number of halogens is 1. The fourth-order valence-electron chi connectivity index (χ4n) is 2.61. The maximum atomic E-state index is 13.4. The van der Waals surface area contributed by atoms with Crippen molar-refractivity contribution in [2.24, 2.45) is 0 Å². The van der Waals surface area contributed by atoms with Gasteiger partial charge in [-0.3, -0.25) is 4.79 Å². The second kappa shape index (κ2) is 8.30. The summed E-state index contributed by atoms with van der Waals surface area (Å²) in [6, 6.07) is 18.6. The molecule has 7 nitrogen and oxygen atoms in total. The first-order chi connectivity index (χ1) is 14.2. The number of benzene rings is 2. The highest BCUT2D eigenvalue weighted by Crippen LogP contribution is 2.23. The van der Waals surface area contributed by atoms with Crippen molar-refractivity contribution in [3.63, 3.8) is 0 Å². The third-order valence-electron chi connectivity index (χ3n) is 4.01. The van der Waals surface area contributed by atoms with Gasteiger partial charge in [-0.2, -0.15) is 9.90 Å². The molecule has 8 heteroatoms. The SMILES string of the molecule is O=C(NCc1cccnc1Oc1cccc(F)c1)c1cnn(-c2ccccc2)n1. The Bertz CT molecular complexity index is 1130. The fourth-order valence-corrected chi connectivity index (χ4v) is 2.61. The largest absolute Gasteiger partial charge is 0.439 e. The molecule has 0 bridgehead atoms. The van der Waals surface area contributed by atoms with Gasteiger partial charge in [0, 0.05) is 24.4 Å². The van der Waals surface area contributed by atoms with E-state index in [0.717, 1.165) is 5.69 Å². The molecule has 0 saturated carbocycles. The molecule has 4 rings (SSSR count). The van der Waals surface area contributed by atoms with E-state index in [1.807, 2.05) is 30.3 Å². The number of para-hydroxylation sites is 1. The summed E-state index contributed by atoms with van der Waals surface area (Å²) in [5.74, 6) is -0.184. The molecular weight excluding hydrogens is 373 g/mol. The average molecular weight is 389 g/mol. The van der Waals surface area contributed by atoms with Crippen molar-refractivity contribution in [2.75, 3.05) is 0 Å². The molecule has 0 aliphatic carbocycles. The summed E-state index contributed by atoms with van der Waals surface area (Å²) in [5, 5.41) is 11.1. The van der Waals surface area contributed by atoms with Crippen LogP contribution in [-0.4, -0.2) is 25.9 Å². The molecule has 29 heavy (non-hydrogen) atoms. The highest BCUT2D eigenvalue weighted by atomic mass is 19.1. The third kappa shape index (κ3) is 4.44. The van der Waals surface area contributed by atoms with E-state index >= 15 is 0 Å². The Morgan fingerprint density at radius 3 is 2.76 bits per heavy atom. The number of carbonyl (C=O) groups excluding carboxylic acids is 1. The number of nitrogens with one attached hydrogen (secondary N) is 1. The number of ether oxygens (including phenoxy) is 1. The molecule has 2 aromatic carbocycles. The van der Waals surface area contributed by atoms with Crippen LogP contribution in [0, 0.1) is 5.82 Å². The number of nitrogens with zero attached hydrogens (tertiary/aromatic N) is 4. The van der Waals surface area contributed by atoms with Crippen LogP contribution in [0.1, 0.15) is 16.1 Å². The predicted molar refractivity (Wildman–Crippen MR) is 103 cm³/mol. The van der Waals surface area contributed by atoms with E-state index in [1.165, 1.54) is 23.1 Å². The second-order valence-corrected chi connectivity index (χ2v) is 6.06. The van der Waals surface area contributed by atoms with Crippen molar-refractivity contribution in [3.05, 3.63) is 96.2 Å². The highest BCUT2D eigenvalue weighted by Gasteiger charge is 2.13. The van der Waals surface area contributed by atoms with E-state index in [-0.39, 0.29) is 24.0 Å². The van der Waals surface area contributed by atoms with E-state index in [0.29, 0.717) is 11.3 Å². The van der Waals surface area contributed by atoms with Gasteiger partial charge in [0.05, 0.1) is 11.9 Å². The molecule has 2 heterocycles. The van der Waals surface area contributed by atoms with Crippen molar-refractivity contribution >= 4 is 5.91 Å². The van der Waals surface area contributed by atoms with Crippen molar-refractivity contribution in [2.45, 2.75) is 6.54 Å². The van der Waals surface area contributed by atoms with E-state index in [4.69, 9.17) is 4.74 Å². The van der Waals surface area contributed by atoms with Gasteiger partial charge in [0.1, 0.15) is 11.6 Å². The van der Waals surface area contributed by atoms with E-state index in [2.05, 4.69) is 20.5 Å². The number of hydrogen-bond donors (Lipinski definition) is 1. The van der Waals surface area contributed by atoms with Crippen LogP contribution < -0.4 is 10.1 Å². The minimum absolute atomic E-state index is 0.162. The smallest absolute Gasteiger partial charge is 0.273 e. The zero-order chi connectivity index (χ0) is 20.1. The van der Waals surface area contributed by atoms with Crippen LogP contribution in [0.5, 0.6) is 11.6 Å². The number of aromatic nitrogens is 4. The predicted octanol–water partition coefficient (Wildman–Crippen LogP) is 3.52. The summed E-state index contributed by atoms with van der Waals surface area (Å²) in [4.78, 5) is 18.0. The van der Waals surface area contributed by atoms with Crippen LogP contribution in [0.4, 0.5) is 4.39 Å². The Morgan fingerprint density at radius 1 is 1.07 bits per heavy atom. The molecule has 0 atom stereocenters. The fraction of sp³-hybridized carbons (Fsp3) is 0.0476. The first kappa shape index (κ1) is 18.3. The number of amides is 1. The molecular formula is C21H16FN5O2. The minimum Gasteiger partial charge on any atom is -0.439 e. The molecule has 0 unspecified atom stereocenters. The lowest BCUT2D eigenvalue weighted by molar-refractivity contribution is 0.0945. The van der Waals surface area contributed by atoms with Crippen molar-refractivity contribution in [3.8, 4) is 17.3 Å². The normalized spacial score (nSPS) is 10.5. The number of rotatable bonds is 6. The summed E-state index contributed by atoms with van der Waals surface area (Å²) in [7, 11) is 0. The second-order valence-electron chi connectivity index (χ2n) is 6.06. The molecule has 1 N–H and O–H groups in total. The maximum Gasteiger partial charge on any atom is 0.273 e. The standard InChI is InChI=1S/C21H16FN5O2/c22-16-7-4-10-18(12-16)29-21-15(6-5-11-23-21)13-24-20(28)19-14-25-27(26-19)17-8-2-1-3-9-17/h1-12,14H,13H2,(H,24,28). The Kier molecular flexibility index (Phi) is 5.24. The topological polar surface area (TPSA) is 81.9 Å². The lowest BCUT2D eigenvalue weighted by Crippen LogP contribution is -2.23. The minimum atomic E-state index is -0.408. The molecule has 0 aliphatic heterocycles. The molecule has 2 aromatic heterocycles. The van der Waals surface area contributed by atoms with Gasteiger partial charge in [0.2, 0.25) is 5.88 Å². The molecule has 0 aliphatic rings. The summed E-state index contributed by atoms with van der Waals surface area (Å²) >= 11 is 0. The summed E-state index contributed by atoms with van der Waals surface area (Å²) < 4.78 is 19.0. The maximum absolute atomic E-state index is 13.4. The van der Waals surface area contributed by atoms with Crippen molar-refractivity contribution in [1.29, 1.82) is 0 Å². The van der Waals surface area contributed by atoms with Gasteiger partial charge in [-0.25, -0.2) is 9.37 Å². The Balaban J connectivity index is 1.44. The summed E-state index contributed by atoms with van der Waals surface area (Å²) in [6.07, 6.45) is 2.96. The lowest BCUT2D eigenvalue weighted by Gasteiger charge is -2.10. The zero-order valence-corrected chi connectivity index (χ0v) is 15.2. The van der Waals surface area contributed by atoms with Gasteiger partial charge >= 0.3 is 0 Å². The Hall–Kier alpha value is -4.07. The highest BCUT2D eigenvalue weighted by molar-refractivity contribution is 5.91. The third-order valence-corrected chi connectivity index (χ3v) is 4.01. The number of carbonyl (C=O) groups is 1. The van der Waals surface area contributed by atoms with Gasteiger partial charge in [-0.1, -0.05) is 30.3 Å². The first-order valence-electron chi connectivity index (χ1n) is 8.82. The quantitative estimate of drug-likeness (QED) is 0.546. The van der Waals surface area contributed by atoms with Gasteiger partial charge in [0.15, 0.2) is 5.69 Å². The van der Waals surface area contributed by atoms with Crippen LogP contribution in [0.15, 0.2) is 79.1 Å². The number of hydrogen-bond acceptors (Lipinski definition) is 5. The monoisotopic (exact) mass is 389 g/mol. The number of pyridine rings is 1. The van der Waals surface area contributed by atoms with Crippen molar-refractivity contribution < 1.29 is 13.9 Å². The first-order valence-corrected chi connectivity index (χ1v) is 8.82. The molecule has 0 spiro atoms. The van der Waals surface area contributed by atoms with Gasteiger partial charge in [0.25, 0.3) is 5.91 Å². The van der Waals surface area contributed by atoms with Crippen LogP contribution in [0.2, 0.25) is 0 Å². The van der Waals surface area contributed by atoms with Gasteiger partial charge in [-0.15, -0.1) is 5.10 Å². The molecule has 4 aromatic rings. The summed E-state index contributed by atoms with van der Waals surface area (Å²) in [6.45, 7) is 0.162. The van der Waals surface area contributed by atoms with Crippen LogP contribution >= 0.6 is 0 Å². The lowest BCUT2D eigenvalue weighted by atomic mass is 10.2.